The molecule has 0 aromatic carbocycles. The SMILES string of the molecule is CCNC1C(N2CCC(C(C)(C)C)C2)CCC1(C)C. The van der Waals surface area contributed by atoms with Gasteiger partial charge in [0.25, 0.3) is 0 Å². The van der Waals surface area contributed by atoms with E-state index >= 15 is 0 Å². The average Bonchev–Trinajstić information content (AvgIpc) is 2.85. The Morgan fingerprint density at radius 3 is 2.42 bits per heavy atom. The molecular formula is C17H34N2. The number of hydrogen-bond acceptors (Lipinski definition) is 2. The van der Waals surface area contributed by atoms with Gasteiger partial charge in [-0.25, -0.2) is 0 Å². The molecule has 3 atom stereocenters. The highest BCUT2D eigenvalue weighted by Crippen LogP contribution is 2.43. The molecule has 0 bridgehead atoms. The van der Waals surface area contributed by atoms with Gasteiger partial charge in [0.15, 0.2) is 0 Å². The van der Waals surface area contributed by atoms with Crippen LogP contribution in [0.25, 0.3) is 0 Å². The molecular weight excluding hydrogens is 232 g/mol. The molecule has 2 rings (SSSR count). The lowest BCUT2D eigenvalue weighted by atomic mass is 9.80. The van der Waals surface area contributed by atoms with Gasteiger partial charge in [-0.1, -0.05) is 41.5 Å². The van der Waals surface area contributed by atoms with Crippen LogP contribution in [0.4, 0.5) is 0 Å². The molecule has 0 radical (unpaired) electrons. The first-order valence-corrected chi connectivity index (χ1v) is 8.23. The third-order valence-electron chi connectivity index (χ3n) is 5.65. The van der Waals surface area contributed by atoms with Crippen LogP contribution in [0.5, 0.6) is 0 Å². The fourth-order valence-electron chi connectivity index (χ4n) is 4.18. The van der Waals surface area contributed by atoms with E-state index in [1.54, 1.807) is 0 Å². The van der Waals surface area contributed by atoms with Crippen LogP contribution in [-0.2, 0) is 0 Å². The highest BCUT2D eigenvalue weighted by atomic mass is 15.2. The molecule has 0 aromatic heterocycles. The van der Waals surface area contributed by atoms with E-state index in [1.807, 2.05) is 0 Å². The Kier molecular flexibility index (Phi) is 4.32. The van der Waals surface area contributed by atoms with Crippen LogP contribution in [0.3, 0.4) is 0 Å². The zero-order chi connectivity index (χ0) is 14.3. The molecule has 0 spiro atoms. The fourth-order valence-corrected chi connectivity index (χ4v) is 4.18. The van der Waals surface area contributed by atoms with Crippen molar-refractivity contribution in [2.45, 2.75) is 72.9 Å². The van der Waals surface area contributed by atoms with Gasteiger partial charge in [-0.2, -0.15) is 0 Å². The zero-order valence-corrected chi connectivity index (χ0v) is 13.9. The topological polar surface area (TPSA) is 15.3 Å². The van der Waals surface area contributed by atoms with Crippen LogP contribution < -0.4 is 5.32 Å². The van der Waals surface area contributed by atoms with Gasteiger partial charge < -0.3 is 5.32 Å². The molecule has 2 heteroatoms. The van der Waals surface area contributed by atoms with Crippen molar-refractivity contribution in [3.8, 4) is 0 Å². The summed E-state index contributed by atoms with van der Waals surface area (Å²) < 4.78 is 0. The number of rotatable bonds is 3. The molecule has 0 amide bonds. The van der Waals surface area contributed by atoms with Gasteiger partial charge >= 0.3 is 0 Å². The van der Waals surface area contributed by atoms with E-state index in [9.17, 15) is 0 Å². The van der Waals surface area contributed by atoms with Crippen molar-refractivity contribution in [1.29, 1.82) is 0 Å². The normalized spacial score (nSPS) is 36.0. The van der Waals surface area contributed by atoms with Crippen molar-refractivity contribution in [3.05, 3.63) is 0 Å². The quantitative estimate of drug-likeness (QED) is 0.841. The Balaban J connectivity index is 2.03. The molecule has 3 unspecified atom stereocenters. The van der Waals surface area contributed by atoms with Crippen LogP contribution in [0.1, 0.15) is 60.8 Å². The molecule has 19 heavy (non-hydrogen) atoms. The Morgan fingerprint density at radius 2 is 1.89 bits per heavy atom. The molecule has 1 heterocycles. The Hall–Kier alpha value is -0.0800. The van der Waals surface area contributed by atoms with E-state index in [0.717, 1.165) is 18.5 Å². The largest absolute Gasteiger partial charge is 0.312 e. The number of hydrogen-bond donors (Lipinski definition) is 1. The summed E-state index contributed by atoms with van der Waals surface area (Å²) in [5, 5.41) is 3.77. The number of nitrogens with one attached hydrogen (secondary N) is 1. The number of likely N-dealkylation sites (tertiary alicyclic amines) is 1. The first-order chi connectivity index (χ1) is 8.75. The predicted molar refractivity (Wildman–Crippen MR) is 83.4 cm³/mol. The van der Waals surface area contributed by atoms with E-state index < -0.39 is 0 Å². The number of likely N-dealkylation sites (N-methyl/N-ethyl adjacent to an activating group) is 1. The number of nitrogens with zero attached hydrogens (tertiary/aromatic N) is 1. The van der Waals surface area contributed by atoms with Gasteiger partial charge in [-0.3, -0.25) is 4.90 Å². The lowest BCUT2D eigenvalue weighted by Crippen LogP contribution is -2.51. The summed E-state index contributed by atoms with van der Waals surface area (Å²) in [6.07, 6.45) is 4.13. The zero-order valence-electron chi connectivity index (χ0n) is 13.9. The average molecular weight is 266 g/mol. The van der Waals surface area contributed by atoms with Crippen LogP contribution in [0.2, 0.25) is 0 Å². The summed E-state index contributed by atoms with van der Waals surface area (Å²) in [5.74, 6) is 0.874. The second-order valence-corrected chi connectivity index (χ2v) is 8.48. The molecule has 1 saturated heterocycles. The van der Waals surface area contributed by atoms with Crippen LogP contribution >= 0.6 is 0 Å². The van der Waals surface area contributed by atoms with Crippen molar-refractivity contribution >= 4 is 0 Å². The van der Waals surface area contributed by atoms with Crippen LogP contribution in [0.15, 0.2) is 0 Å². The Bertz CT molecular complexity index is 303. The van der Waals surface area contributed by atoms with Gasteiger partial charge in [-0.15, -0.1) is 0 Å². The van der Waals surface area contributed by atoms with Gasteiger partial charge in [0.1, 0.15) is 0 Å². The minimum absolute atomic E-state index is 0.459. The maximum atomic E-state index is 3.77. The van der Waals surface area contributed by atoms with E-state index in [1.165, 1.54) is 32.4 Å². The lowest BCUT2D eigenvalue weighted by molar-refractivity contribution is 0.152. The van der Waals surface area contributed by atoms with Crippen LogP contribution in [0, 0.1) is 16.7 Å². The minimum atomic E-state index is 0.459. The monoisotopic (exact) mass is 266 g/mol. The van der Waals surface area contributed by atoms with Gasteiger partial charge in [0.2, 0.25) is 0 Å². The summed E-state index contributed by atoms with van der Waals surface area (Å²) in [5.41, 5.74) is 0.928. The van der Waals surface area contributed by atoms with Crippen molar-refractivity contribution in [2.24, 2.45) is 16.7 Å². The Labute approximate surface area is 120 Å². The third-order valence-corrected chi connectivity index (χ3v) is 5.65. The molecule has 2 nitrogen and oxygen atoms in total. The third kappa shape index (κ3) is 3.16. The molecule has 2 fully saturated rings. The highest BCUT2D eigenvalue weighted by Gasteiger charge is 2.46. The fraction of sp³-hybridized carbons (Fsp3) is 1.00. The second kappa shape index (κ2) is 5.37. The first kappa shape index (κ1) is 15.3. The van der Waals surface area contributed by atoms with E-state index in [-0.39, 0.29) is 0 Å². The summed E-state index contributed by atoms with van der Waals surface area (Å²) >= 11 is 0. The highest BCUT2D eigenvalue weighted by molar-refractivity contribution is 5.02. The molecule has 2 aliphatic rings. The van der Waals surface area contributed by atoms with Gasteiger partial charge in [-0.05, 0) is 49.1 Å². The molecule has 1 N–H and O–H groups in total. The van der Waals surface area contributed by atoms with Gasteiger partial charge in [0.05, 0.1) is 0 Å². The minimum Gasteiger partial charge on any atom is -0.312 e. The van der Waals surface area contributed by atoms with Crippen molar-refractivity contribution in [1.82, 2.24) is 10.2 Å². The molecule has 0 aromatic rings. The molecule has 112 valence electrons. The predicted octanol–water partition coefficient (Wildman–Crippen LogP) is 3.52. The second-order valence-electron chi connectivity index (χ2n) is 8.48. The molecule has 1 saturated carbocycles. The molecule has 1 aliphatic heterocycles. The smallest absolute Gasteiger partial charge is 0.0274 e. The van der Waals surface area contributed by atoms with Gasteiger partial charge in [0, 0.05) is 18.6 Å². The van der Waals surface area contributed by atoms with Crippen molar-refractivity contribution in [2.75, 3.05) is 19.6 Å². The summed E-state index contributed by atoms with van der Waals surface area (Å²) in [6, 6.07) is 1.44. The maximum Gasteiger partial charge on any atom is 0.0274 e. The van der Waals surface area contributed by atoms with E-state index in [4.69, 9.17) is 0 Å². The first-order valence-electron chi connectivity index (χ1n) is 8.23. The summed E-state index contributed by atoms with van der Waals surface area (Å²) in [4.78, 5) is 2.79. The van der Waals surface area contributed by atoms with E-state index in [2.05, 4.69) is 51.8 Å². The molecule has 1 aliphatic carbocycles. The summed E-state index contributed by atoms with van der Waals surface area (Å²) in [6.45, 7) is 18.1. The Morgan fingerprint density at radius 1 is 1.21 bits per heavy atom. The van der Waals surface area contributed by atoms with Crippen LogP contribution in [-0.4, -0.2) is 36.6 Å². The maximum absolute atomic E-state index is 3.77. The standard InChI is InChI=1S/C17H34N2/c1-7-18-15-14(8-10-17(15,5)6)19-11-9-13(12-19)16(2,3)4/h13-15,18H,7-12H2,1-6H3. The van der Waals surface area contributed by atoms with Crippen molar-refractivity contribution in [3.63, 3.8) is 0 Å². The van der Waals surface area contributed by atoms with E-state index in [0.29, 0.717) is 16.9 Å². The summed E-state index contributed by atoms with van der Waals surface area (Å²) in [7, 11) is 0. The van der Waals surface area contributed by atoms with Crippen molar-refractivity contribution < 1.29 is 0 Å². The lowest BCUT2D eigenvalue weighted by Gasteiger charge is -2.36.